The van der Waals surface area contributed by atoms with Gasteiger partial charge in [0, 0.05) is 5.92 Å². The molecule has 21 heavy (non-hydrogen) atoms. The first kappa shape index (κ1) is 15.9. The zero-order chi connectivity index (χ0) is 15.4. The number of nitrogens with one attached hydrogen (secondary N) is 1. The Morgan fingerprint density at radius 1 is 1.52 bits per heavy atom. The van der Waals surface area contributed by atoms with E-state index in [1.807, 2.05) is 39.0 Å². The maximum Gasteiger partial charge on any atom is 0.216 e. The highest BCUT2D eigenvalue weighted by Gasteiger charge is 2.08. The van der Waals surface area contributed by atoms with Crippen molar-refractivity contribution in [3.63, 3.8) is 0 Å². The Hall–Kier alpha value is -1.47. The van der Waals surface area contributed by atoms with E-state index in [9.17, 15) is 0 Å². The van der Waals surface area contributed by atoms with Gasteiger partial charge in [0.2, 0.25) is 4.77 Å². The Morgan fingerprint density at radius 2 is 2.29 bits per heavy atom. The number of hydrogen-bond acceptors (Lipinski definition) is 4. The smallest absolute Gasteiger partial charge is 0.216 e. The molecule has 0 saturated carbocycles. The number of hydrogen-bond donors (Lipinski definition) is 1. The topological polar surface area (TPSA) is 55.2 Å². The molecule has 0 aliphatic rings. The number of H-pyrrole nitrogens is 1. The van der Waals surface area contributed by atoms with Crippen molar-refractivity contribution in [3.05, 3.63) is 38.8 Å². The highest BCUT2D eigenvalue weighted by molar-refractivity contribution is 9.10. The third-order valence-electron chi connectivity index (χ3n) is 2.77. The summed E-state index contributed by atoms with van der Waals surface area (Å²) in [6.07, 6.45) is 1.75. The van der Waals surface area contributed by atoms with Crippen LogP contribution in [-0.4, -0.2) is 27.7 Å². The van der Waals surface area contributed by atoms with Gasteiger partial charge in [0.15, 0.2) is 5.82 Å². The molecule has 0 aliphatic heterocycles. The highest BCUT2D eigenvalue weighted by Crippen LogP contribution is 2.25. The second kappa shape index (κ2) is 7.00. The number of rotatable bonds is 5. The molecule has 1 aromatic heterocycles. The van der Waals surface area contributed by atoms with E-state index >= 15 is 0 Å². The van der Waals surface area contributed by atoms with E-state index in [1.165, 1.54) is 0 Å². The van der Waals surface area contributed by atoms with Crippen LogP contribution in [0.1, 0.15) is 38.1 Å². The molecule has 0 saturated heterocycles. The zero-order valence-electron chi connectivity index (χ0n) is 12.1. The number of benzene rings is 1. The Bertz CT molecular complexity index is 705. The van der Waals surface area contributed by atoms with Crippen LogP contribution in [0.15, 0.2) is 27.8 Å². The van der Waals surface area contributed by atoms with Crippen LogP contribution in [0.25, 0.3) is 0 Å². The van der Waals surface area contributed by atoms with E-state index in [2.05, 4.69) is 31.2 Å². The summed E-state index contributed by atoms with van der Waals surface area (Å²) < 4.78 is 8.51. The van der Waals surface area contributed by atoms with Crippen LogP contribution in [0.2, 0.25) is 0 Å². The number of halogens is 1. The Balaban J connectivity index is 2.28. The lowest BCUT2D eigenvalue weighted by Gasteiger charge is -2.06. The largest absolute Gasteiger partial charge is 0.493 e. The first-order chi connectivity index (χ1) is 10.0. The summed E-state index contributed by atoms with van der Waals surface area (Å²) in [5, 5.41) is 11.4. The van der Waals surface area contributed by atoms with Gasteiger partial charge in [-0.25, -0.2) is 0 Å². The fraction of sp³-hybridized carbons (Fsp3) is 0.357. The third kappa shape index (κ3) is 3.79. The molecule has 0 atom stereocenters. The molecule has 1 aromatic carbocycles. The van der Waals surface area contributed by atoms with E-state index in [4.69, 9.17) is 17.0 Å². The lowest BCUT2D eigenvalue weighted by atomic mass is 10.2. The molecule has 1 heterocycles. The molecule has 5 nitrogen and oxygen atoms in total. The predicted octanol–water partition coefficient (Wildman–Crippen LogP) is 4.11. The minimum atomic E-state index is 0.238. The van der Waals surface area contributed by atoms with Crippen molar-refractivity contribution in [3.8, 4) is 5.75 Å². The van der Waals surface area contributed by atoms with E-state index in [0.29, 0.717) is 11.4 Å². The van der Waals surface area contributed by atoms with E-state index in [0.717, 1.165) is 21.6 Å². The molecule has 0 bridgehead atoms. The molecule has 0 fully saturated rings. The Morgan fingerprint density at radius 3 is 2.90 bits per heavy atom. The van der Waals surface area contributed by atoms with Gasteiger partial charge >= 0.3 is 0 Å². The van der Waals surface area contributed by atoms with E-state index in [-0.39, 0.29) is 5.92 Å². The summed E-state index contributed by atoms with van der Waals surface area (Å²) in [6.45, 7) is 6.68. The average Bonchev–Trinajstić information content (AvgIpc) is 2.81. The molecule has 112 valence electrons. The van der Waals surface area contributed by atoms with Crippen molar-refractivity contribution in [2.75, 3.05) is 6.61 Å². The summed E-state index contributed by atoms with van der Waals surface area (Å²) in [4.78, 5) is 0. The average molecular weight is 369 g/mol. The second-order valence-corrected chi connectivity index (χ2v) is 5.96. The number of nitrogens with zero attached hydrogens (tertiary/aromatic N) is 3. The van der Waals surface area contributed by atoms with Crippen LogP contribution in [0.5, 0.6) is 5.75 Å². The van der Waals surface area contributed by atoms with E-state index < -0.39 is 0 Å². The SMILES string of the molecule is CCOc1ccc(/C=N\n2c(C(C)C)n[nH]c2=S)cc1Br. The molecule has 2 aromatic rings. The molecule has 0 aliphatic carbocycles. The van der Waals surface area contributed by atoms with Crippen LogP contribution in [-0.2, 0) is 0 Å². The second-order valence-electron chi connectivity index (χ2n) is 4.72. The van der Waals surface area contributed by atoms with Gasteiger partial charge < -0.3 is 4.74 Å². The normalized spacial score (nSPS) is 11.5. The predicted molar refractivity (Wildman–Crippen MR) is 89.8 cm³/mol. The van der Waals surface area contributed by atoms with Crippen LogP contribution in [0.3, 0.4) is 0 Å². The standard InChI is InChI=1S/C14H17BrN4OS/c1-4-20-12-6-5-10(7-11(12)15)8-16-19-13(9(2)3)17-18-14(19)21/h5-9H,4H2,1-3H3,(H,18,21)/b16-8-. The van der Waals surface area contributed by atoms with Gasteiger partial charge in [0.1, 0.15) is 5.75 Å². The van der Waals surface area contributed by atoms with Gasteiger partial charge in [-0.1, -0.05) is 13.8 Å². The third-order valence-corrected chi connectivity index (χ3v) is 3.65. The van der Waals surface area contributed by atoms with Crippen molar-refractivity contribution in [1.82, 2.24) is 14.9 Å². The lowest BCUT2D eigenvalue weighted by Crippen LogP contribution is -2.01. The summed E-state index contributed by atoms with van der Waals surface area (Å²) in [5.74, 6) is 1.86. The number of ether oxygens (including phenoxy) is 1. The van der Waals surface area contributed by atoms with Gasteiger partial charge in [0.25, 0.3) is 0 Å². The Labute approximate surface area is 137 Å². The maximum atomic E-state index is 5.48. The summed E-state index contributed by atoms with van der Waals surface area (Å²) in [5.41, 5.74) is 0.947. The fourth-order valence-electron chi connectivity index (χ4n) is 1.78. The van der Waals surface area contributed by atoms with Crippen molar-refractivity contribution in [2.45, 2.75) is 26.7 Å². The maximum absolute atomic E-state index is 5.48. The molecule has 0 spiro atoms. The molecule has 0 radical (unpaired) electrons. The molecular weight excluding hydrogens is 352 g/mol. The fourth-order valence-corrected chi connectivity index (χ4v) is 2.48. The molecule has 2 rings (SSSR count). The number of aromatic amines is 1. The van der Waals surface area contributed by atoms with Crippen LogP contribution >= 0.6 is 28.1 Å². The van der Waals surface area contributed by atoms with E-state index in [1.54, 1.807) is 10.9 Å². The summed E-state index contributed by atoms with van der Waals surface area (Å²) in [6, 6.07) is 5.80. The summed E-state index contributed by atoms with van der Waals surface area (Å²) >= 11 is 8.68. The molecule has 1 N–H and O–H groups in total. The zero-order valence-corrected chi connectivity index (χ0v) is 14.5. The van der Waals surface area contributed by atoms with Crippen molar-refractivity contribution >= 4 is 34.4 Å². The number of aromatic nitrogens is 3. The summed E-state index contributed by atoms with van der Waals surface area (Å²) in [7, 11) is 0. The van der Waals surface area contributed by atoms with Crippen molar-refractivity contribution in [2.24, 2.45) is 5.10 Å². The minimum Gasteiger partial charge on any atom is -0.493 e. The van der Waals surface area contributed by atoms with Gasteiger partial charge in [-0.2, -0.15) is 14.9 Å². The van der Waals surface area contributed by atoms with Gasteiger partial charge in [0.05, 0.1) is 17.3 Å². The van der Waals surface area contributed by atoms with Crippen LogP contribution < -0.4 is 4.74 Å². The quantitative estimate of drug-likeness (QED) is 0.638. The molecule has 0 unspecified atom stereocenters. The van der Waals surface area contributed by atoms with Gasteiger partial charge in [-0.05, 0) is 58.8 Å². The van der Waals surface area contributed by atoms with Gasteiger partial charge in [-0.3, -0.25) is 5.10 Å². The first-order valence-corrected chi connectivity index (χ1v) is 7.87. The lowest BCUT2D eigenvalue weighted by molar-refractivity contribution is 0.338. The molecular formula is C14H17BrN4OS. The van der Waals surface area contributed by atoms with Crippen molar-refractivity contribution < 1.29 is 4.74 Å². The van der Waals surface area contributed by atoms with Crippen LogP contribution in [0, 0.1) is 4.77 Å². The van der Waals surface area contributed by atoms with Gasteiger partial charge in [-0.15, -0.1) is 0 Å². The molecule has 7 heteroatoms. The first-order valence-electron chi connectivity index (χ1n) is 6.67. The Kier molecular flexibility index (Phi) is 5.30. The highest BCUT2D eigenvalue weighted by atomic mass is 79.9. The van der Waals surface area contributed by atoms with Crippen molar-refractivity contribution in [1.29, 1.82) is 0 Å². The monoisotopic (exact) mass is 368 g/mol. The van der Waals surface area contributed by atoms with Crippen LogP contribution in [0.4, 0.5) is 0 Å². The minimum absolute atomic E-state index is 0.238. The molecule has 0 amide bonds.